The third kappa shape index (κ3) is 4.80. The van der Waals surface area contributed by atoms with Crippen molar-refractivity contribution in [2.75, 3.05) is 25.9 Å². The van der Waals surface area contributed by atoms with Gasteiger partial charge in [0.2, 0.25) is 0 Å². The van der Waals surface area contributed by atoms with Crippen molar-refractivity contribution in [1.82, 2.24) is 4.90 Å². The second-order valence-electron chi connectivity index (χ2n) is 7.50. The van der Waals surface area contributed by atoms with Crippen LogP contribution in [0.1, 0.15) is 36.0 Å². The zero-order valence-corrected chi connectivity index (χ0v) is 16.6. The third-order valence-corrected chi connectivity index (χ3v) is 5.24. The second kappa shape index (κ2) is 9.34. The Bertz CT molecular complexity index is 778. The molecule has 3 N–H and O–H groups in total. The second-order valence-corrected chi connectivity index (χ2v) is 7.50. The van der Waals surface area contributed by atoms with Crippen molar-refractivity contribution in [2.24, 2.45) is 5.92 Å². The topological polar surface area (TPSA) is 68.0 Å². The predicted molar refractivity (Wildman–Crippen MR) is 112 cm³/mol. The van der Waals surface area contributed by atoms with Gasteiger partial charge in [-0.05, 0) is 30.3 Å². The molecule has 28 heavy (non-hydrogen) atoms. The number of aliphatic hydroxyl groups is 1. The number of ether oxygens (including phenoxy) is 2. The van der Waals surface area contributed by atoms with Crippen LogP contribution in [0.5, 0.6) is 0 Å². The van der Waals surface area contributed by atoms with E-state index in [9.17, 15) is 5.11 Å². The van der Waals surface area contributed by atoms with E-state index in [0.29, 0.717) is 5.69 Å². The number of rotatable bonds is 7. The number of nitrogens with two attached hydrogens (primary N) is 1. The SMILES string of the molecule is C=CCN(C)C[C@@H]1O[C@H](c2cccc(N)c2)O[C@H](c2ccc(CO)cc2)[C@@H]1C. The number of nitrogen functional groups attached to an aromatic ring is 1. The molecule has 5 nitrogen and oxygen atoms in total. The van der Waals surface area contributed by atoms with Gasteiger partial charge in [-0.15, -0.1) is 6.58 Å². The van der Waals surface area contributed by atoms with Gasteiger partial charge >= 0.3 is 0 Å². The Kier molecular flexibility index (Phi) is 6.86. The number of aliphatic hydroxyl groups excluding tert-OH is 1. The van der Waals surface area contributed by atoms with Crippen LogP contribution in [0.3, 0.4) is 0 Å². The van der Waals surface area contributed by atoms with E-state index >= 15 is 0 Å². The maximum absolute atomic E-state index is 9.32. The number of anilines is 1. The number of hydrogen-bond acceptors (Lipinski definition) is 5. The molecule has 1 aliphatic rings. The lowest BCUT2D eigenvalue weighted by molar-refractivity contribution is -0.275. The summed E-state index contributed by atoms with van der Waals surface area (Å²) >= 11 is 0. The highest BCUT2D eigenvalue weighted by atomic mass is 16.7. The van der Waals surface area contributed by atoms with Gasteiger partial charge in [-0.25, -0.2) is 0 Å². The summed E-state index contributed by atoms with van der Waals surface area (Å²) in [7, 11) is 2.06. The molecule has 0 radical (unpaired) electrons. The highest BCUT2D eigenvalue weighted by molar-refractivity contribution is 5.41. The summed E-state index contributed by atoms with van der Waals surface area (Å²) in [5.41, 5.74) is 9.54. The van der Waals surface area contributed by atoms with E-state index in [4.69, 9.17) is 15.2 Å². The van der Waals surface area contributed by atoms with Crippen LogP contribution in [0.2, 0.25) is 0 Å². The summed E-state index contributed by atoms with van der Waals surface area (Å²) in [6.45, 7) is 7.59. The summed E-state index contributed by atoms with van der Waals surface area (Å²) in [6.07, 6.45) is 1.29. The van der Waals surface area contributed by atoms with Crippen LogP contribution in [0, 0.1) is 5.92 Å². The monoisotopic (exact) mass is 382 g/mol. The molecule has 0 aromatic heterocycles. The molecule has 4 atom stereocenters. The van der Waals surface area contributed by atoms with Crippen molar-refractivity contribution in [2.45, 2.75) is 32.0 Å². The molecule has 0 bridgehead atoms. The summed E-state index contributed by atoms with van der Waals surface area (Å²) in [5.74, 6) is 0.157. The van der Waals surface area contributed by atoms with E-state index in [-0.39, 0.29) is 24.7 Å². The number of likely N-dealkylation sites (N-methyl/N-ethyl adjacent to an activating group) is 1. The van der Waals surface area contributed by atoms with Gasteiger partial charge in [-0.3, -0.25) is 0 Å². The Hall–Kier alpha value is -2.18. The van der Waals surface area contributed by atoms with Crippen molar-refractivity contribution in [3.63, 3.8) is 0 Å². The Morgan fingerprint density at radius 2 is 1.89 bits per heavy atom. The fourth-order valence-electron chi connectivity index (χ4n) is 3.64. The molecule has 3 rings (SSSR count). The average Bonchev–Trinajstić information content (AvgIpc) is 2.70. The van der Waals surface area contributed by atoms with Crippen LogP contribution >= 0.6 is 0 Å². The van der Waals surface area contributed by atoms with Gasteiger partial charge in [-0.1, -0.05) is 49.4 Å². The molecule has 5 heteroatoms. The predicted octanol–water partition coefficient (Wildman–Crippen LogP) is 3.67. The Morgan fingerprint density at radius 3 is 2.54 bits per heavy atom. The minimum Gasteiger partial charge on any atom is -0.399 e. The van der Waals surface area contributed by atoms with Gasteiger partial charge in [0.15, 0.2) is 6.29 Å². The molecule has 0 saturated carbocycles. The van der Waals surface area contributed by atoms with Crippen molar-refractivity contribution >= 4 is 5.69 Å². The third-order valence-electron chi connectivity index (χ3n) is 5.24. The standard InChI is InChI=1S/C23H30N2O3/c1-4-12-25(3)14-21-16(2)22(18-10-8-17(15-26)9-11-18)28-23(27-21)19-6-5-7-20(24)13-19/h4-11,13,16,21-23,26H,1,12,14-15,24H2,2-3H3/t16-,21+,22+,23+/m1/s1. The molecular formula is C23H30N2O3. The van der Waals surface area contributed by atoms with Gasteiger partial charge in [-0.2, -0.15) is 0 Å². The van der Waals surface area contributed by atoms with Crippen molar-refractivity contribution in [3.05, 3.63) is 77.9 Å². The van der Waals surface area contributed by atoms with Crippen LogP contribution in [0.4, 0.5) is 5.69 Å². The molecule has 0 unspecified atom stereocenters. The fourth-order valence-corrected chi connectivity index (χ4v) is 3.64. The smallest absolute Gasteiger partial charge is 0.185 e. The van der Waals surface area contributed by atoms with E-state index < -0.39 is 6.29 Å². The molecule has 0 amide bonds. The maximum Gasteiger partial charge on any atom is 0.185 e. The molecule has 1 aliphatic heterocycles. The zero-order valence-electron chi connectivity index (χ0n) is 16.6. The molecule has 0 aliphatic carbocycles. The maximum atomic E-state index is 9.32. The quantitative estimate of drug-likeness (QED) is 0.565. The summed E-state index contributed by atoms with van der Waals surface area (Å²) < 4.78 is 12.8. The molecular weight excluding hydrogens is 352 g/mol. The molecule has 1 fully saturated rings. The van der Waals surface area contributed by atoms with Crippen LogP contribution in [-0.2, 0) is 16.1 Å². The van der Waals surface area contributed by atoms with Gasteiger partial charge in [0.25, 0.3) is 0 Å². The van der Waals surface area contributed by atoms with Crippen molar-refractivity contribution in [1.29, 1.82) is 0 Å². The van der Waals surface area contributed by atoms with Gasteiger partial charge < -0.3 is 25.2 Å². The van der Waals surface area contributed by atoms with Crippen LogP contribution < -0.4 is 5.73 Å². The van der Waals surface area contributed by atoms with Crippen LogP contribution in [0.15, 0.2) is 61.2 Å². The van der Waals surface area contributed by atoms with Crippen LogP contribution in [0.25, 0.3) is 0 Å². The van der Waals surface area contributed by atoms with E-state index in [1.165, 1.54) is 0 Å². The molecule has 2 aromatic rings. The van der Waals surface area contributed by atoms with Crippen molar-refractivity contribution in [3.8, 4) is 0 Å². The van der Waals surface area contributed by atoms with Gasteiger partial charge in [0.05, 0.1) is 18.8 Å². The summed E-state index contributed by atoms with van der Waals surface area (Å²) in [4.78, 5) is 2.20. The normalized spacial score (nSPS) is 25.0. The summed E-state index contributed by atoms with van der Waals surface area (Å²) in [6, 6.07) is 15.6. The van der Waals surface area contributed by atoms with E-state index in [2.05, 4.69) is 25.5 Å². The lowest BCUT2D eigenvalue weighted by Gasteiger charge is -2.42. The first kappa shape index (κ1) is 20.6. The van der Waals surface area contributed by atoms with Gasteiger partial charge in [0, 0.05) is 30.3 Å². The number of benzene rings is 2. The Balaban J connectivity index is 1.88. The molecule has 2 aromatic carbocycles. The van der Waals surface area contributed by atoms with Crippen molar-refractivity contribution < 1.29 is 14.6 Å². The number of hydrogen-bond donors (Lipinski definition) is 2. The highest BCUT2D eigenvalue weighted by Crippen LogP contribution is 2.41. The van der Waals surface area contributed by atoms with E-state index in [1.807, 2.05) is 54.6 Å². The van der Waals surface area contributed by atoms with E-state index in [0.717, 1.165) is 29.8 Å². The lowest BCUT2D eigenvalue weighted by Crippen LogP contribution is -2.43. The summed E-state index contributed by atoms with van der Waals surface area (Å²) in [5, 5.41) is 9.32. The lowest BCUT2D eigenvalue weighted by atomic mass is 9.90. The number of nitrogens with zero attached hydrogens (tertiary/aromatic N) is 1. The minimum atomic E-state index is -0.482. The largest absolute Gasteiger partial charge is 0.399 e. The van der Waals surface area contributed by atoms with Gasteiger partial charge in [0.1, 0.15) is 0 Å². The first-order valence-corrected chi connectivity index (χ1v) is 9.67. The first-order valence-electron chi connectivity index (χ1n) is 9.67. The molecule has 1 heterocycles. The Labute approximate surface area is 167 Å². The zero-order chi connectivity index (χ0) is 20.1. The van der Waals surface area contributed by atoms with E-state index in [1.54, 1.807) is 0 Å². The molecule has 150 valence electrons. The molecule has 1 saturated heterocycles. The van der Waals surface area contributed by atoms with Crippen LogP contribution in [-0.4, -0.2) is 36.2 Å². The fraction of sp³-hybridized carbons (Fsp3) is 0.391. The Morgan fingerprint density at radius 1 is 1.14 bits per heavy atom. The first-order chi connectivity index (χ1) is 13.5. The molecule has 0 spiro atoms. The highest BCUT2D eigenvalue weighted by Gasteiger charge is 2.38. The minimum absolute atomic E-state index is 0.00681. The average molecular weight is 383 g/mol.